The Morgan fingerprint density at radius 3 is 2.75 bits per heavy atom. The Balaban J connectivity index is 2.59. The molecule has 0 fully saturated rings. The van der Waals surface area contributed by atoms with E-state index in [1.54, 1.807) is 12.1 Å². The molecule has 1 aromatic carbocycles. The molecule has 7 heteroatoms. The molecule has 1 heterocycles. The van der Waals surface area contributed by atoms with Crippen molar-refractivity contribution in [1.29, 1.82) is 0 Å². The summed E-state index contributed by atoms with van der Waals surface area (Å²) in [6.07, 6.45) is 1.20. The Labute approximate surface area is 123 Å². The molecule has 0 bridgehead atoms. The van der Waals surface area contributed by atoms with Crippen LogP contribution in [0.1, 0.15) is 13.8 Å². The van der Waals surface area contributed by atoms with Crippen LogP contribution in [0.15, 0.2) is 23.1 Å². The second-order valence-electron chi connectivity index (χ2n) is 4.73. The highest BCUT2D eigenvalue weighted by atomic mass is 32.2. The fraction of sp³-hybridized carbons (Fsp3) is 0.462. The summed E-state index contributed by atoms with van der Waals surface area (Å²) in [7, 11) is -3.29. The molecule has 0 amide bonds. The van der Waals surface area contributed by atoms with Crippen LogP contribution in [-0.4, -0.2) is 36.9 Å². The van der Waals surface area contributed by atoms with E-state index in [9.17, 15) is 8.42 Å². The number of H-pyrrole nitrogens is 1. The molecule has 0 aliphatic carbocycles. The summed E-state index contributed by atoms with van der Waals surface area (Å²) >= 11 is 5.30. The van der Waals surface area contributed by atoms with E-state index >= 15 is 0 Å². The van der Waals surface area contributed by atoms with E-state index in [4.69, 9.17) is 17.0 Å². The maximum Gasteiger partial charge on any atom is 0.178 e. The molecular formula is C13H18N2O3S2. The summed E-state index contributed by atoms with van der Waals surface area (Å²) in [6.45, 7) is 5.11. The third-order valence-corrected chi connectivity index (χ3v) is 4.52. The van der Waals surface area contributed by atoms with E-state index in [-0.39, 0.29) is 11.0 Å². The van der Waals surface area contributed by atoms with Gasteiger partial charge in [0.1, 0.15) is 0 Å². The Kier molecular flexibility index (Phi) is 4.31. The molecule has 20 heavy (non-hydrogen) atoms. The van der Waals surface area contributed by atoms with Crippen LogP contribution in [0.5, 0.6) is 0 Å². The van der Waals surface area contributed by atoms with E-state index in [2.05, 4.69) is 4.98 Å². The van der Waals surface area contributed by atoms with Crippen LogP contribution in [-0.2, 0) is 21.1 Å². The number of fused-ring (bicyclic) bond motifs is 1. The first kappa shape index (κ1) is 15.2. The Morgan fingerprint density at radius 2 is 2.15 bits per heavy atom. The summed E-state index contributed by atoms with van der Waals surface area (Å²) < 4.78 is 31.5. The minimum atomic E-state index is -3.29. The van der Waals surface area contributed by atoms with Crippen molar-refractivity contribution < 1.29 is 13.2 Å². The highest BCUT2D eigenvalue weighted by molar-refractivity contribution is 7.91. The zero-order chi connectivity index (χ0) is 14.9. The summed E-state index contributed by atoms with van der Waals surface area (Å²) in [6, 6.07) is 5.16. The van der Waals surface area contributed by atoms with Crippen LogP contribution in [0, 0.1) is 4.77 Å². The highest BCUT2D eigenvalue weighted by Crippen LogP contribution is 2.23. The maximum atomic E-state index is 11.8. The quantitative estimate of drug-likeness (QED) is 0.861. The summed E-state index contributed by atoms with van der Waals surface area (Å²) in [4.78, 5) is 3.26. The monoisotopic (exact) mass is 314 g/mol. The summed E-state index contributed by atoms with van der Waals surface area (Å²) in [5, 5.41) is 0. The van der Waals surface area contributed by atoms with E-state index in [1.807, 2.05) is 24.5 Å². The predicted molar refractivity (Wildman–Crippen MR) is 81.3 cm³/mol. The average molecular weight is 314 g/mol. The van der Waals surface area contributed by atoms with Crippen molar-refractivity contribution in [2.75, 3.05) is 12.9 Å². The minimum absolute atomic E-state index is 0.00703. The first-order valence-electron chi connectivity index (χ1n) is 6.37. The van der Waals surface area contributed by atoms with Crippen molar-refractivity contribution in [3.05, 3.63) is 23.0 Å². The molecule has 0 radical (unpaired) electrons. The number of ether oxygens (including phenoxy) is 1. The molecule has 1 atom stereocenters. The van der Waals surface area contributed by atoms with Gasteiger partial charge in [0.25, 0.3) is 0 Å². The number of rotatable bonds is 5. The third kappa shape index (κ3) is 2.94. The highest BCUT2D eigenvalue weighted by Gasteiger charge is 2.16. The number of para-hydroxylation sites is 1. The van der Waals surface area contributed by atoms with Crippen molar-refractivity contribution in [3.63, 3.8) is 0 Å². The molecule has 1 unspecified atom stereocenters. The molecule has 0 saturated carbocycles. The third-order valence-electron chi connectivity index (χ3n) is 3.06. The lowest BCUT2D eigenvalue weighted by atomic mass is 10.3. The van der Waals surface area contributed by atoms with Gasteiger partial charge in [-0.3, -0.25) is 0 Å². The standard InChI is InChI=1S/C13H18N2O3S2/c1-4-18-9(2)8-15-10-6-5-7-11(20(3,16)17)12(10)14-13(15)19/h5-7,9H,4,8H2,1-3H3,(H,14,19). The van der Waals surface area contributed by atoms with Crippen LogP contribution < -0.4 is 0 Å². The number of sulfone groups is 1. The number of aromatic amines is 1. The molecule has 2 aromatic rings. The van der Waals surface area contributed by atoms with Crippen LogP contribution in [0.25, 0.3) is 11.0 Å². The van der Waals surface area contributed by atoms with Gasteiger partial charge >= 0.3 is 0 Å². The Bertz CT molecular complexity index is 775. The molecule has 1 N–H and O–H groups in total. The summed E-state index contributed by atoms with van der Waals surface area (Å²) in [5.41, 5.74) is 1.34. The number of aromatic nitrogens is 2. The molecular weight excluding hydrogens is 296 g/mol. The Hall–Kier alpha value is -1.18. The normalized spacial score (nSPS) is 13.8. The predicted octanol–water partition coefficient (Wildman–Crippen LogP) is 2.53. The lowest BCUT2D eigenvalue weighted by Gasteiger charge is -2.13. The van der Waals surface area contributed by atoms with Crippen molar-refractivity contribution >= 4 is 33.1 Å². The number of imidazole rings is 1. The molecule has 1 aromatic heterocycles. The van der Waals surface area contributed by atoms with Gasteiger partial charge in [-0.15, -0.1) is 0 Å². The molecule has 2 rings (SSSR count). The van der Waals surface area contributed by atoms with Gasteiger partial charge in [0.05, 0.1) is 28.6 Å². The fourth-order valence-corrected chi connectivity index (χ4v) is 3.37. The number of benzene rings is 1. The number of nitrogens with one attached hydrogen (secondary N) is 1. The van der Waals surface area contributed by atoms with Gasteiger partial charge in [-0.2, -0.15) is 0 Å². The topological polar surface area (TPSA) is 64.1 Å². The van der Waals surface area contributed by atoms with E-state index in [0.29, 0.717) is 23.4 Å². The van der Waals surface area contributed by atoms with Gasteiger partial charge in [0, 0.05) is 12.9 Å². The van der Waals surface area contributed by atoms with Crippen LogP contribution >= 0.6 is 12.2 Å². The van der Waals surface area contributed by atoms with E-state index < -0.39 is 9.84 Å². The number of hydrogen-bond donors (Lipinski definition) is 1. The maximum absolute atomic E-state index is 11.8. The molecule has 0 aliphatic heterocycles. The van der Waals surface area contributed by atoms with Crippen molar-refractivity contribution in [2.45, 2.75) is 31.4 Å². The smallest absolute Gasteiger partial charge is 0.178 e. The second kappa shape index (κ2) is 5.67. The van der Waals surface area contributed by atoms with Gasteiger partial charge in [-0.25, -0.2) is 8.42 Å². The minimum Gasteiger partial charge on any atom is -0.377 e. The zero-order valence-corrected chi connectivity index (χ0v) is 13.3. The van der Waals surface area contributed by atoms with Gasteiger partial charge in [0.2, 0.25) is 0 Å². The fourth-order valence-electron chi connectivity index (χ4n) is 2.24. The van der Waals surface area contributed by atoms with E-state index in [0.717, 1.165) is 5.52 Å². The lowest BCUT2D eigenvalue weighted by molar-refractivity contribution is 0.0645. The molecule has 0 aliphatic rings. The van der Waals surface area contributed by atoms with Crippen LogP contribution in [0.3, 0.4) is 0 Å². The molecule has 0 saturated heterocycles. The Morgan fingerprint density at radius 1 is 1.45 bits per heavy atom. The van der Waals surface area contributed by atoms with Crippen molar-refractivity contribution in [2.24, 2.45) is 0 Å². The molecule has 5 nitrogen and oxygen atoms in total. The van der Waals surface area contributed by atoms with Gasteiger partial charge in [-0.1, -0.05) is 6.07 Å². The van der Waals surface area contributed by atoms with Crippen LogP contribution in [0.2, 0.25) is 0 Å². The molecule has 0 spiro atoms. The van der Waals surface area contributed by atoms with Gasteiger partial charge in [-0.05, 0) is 38.2 Å². The van der Waals surface area contributed by atoms with Gasteiger partial charge in [0.15, 0.2) is 14.6 Å². The SMILES string of the molecule is CCOC(C)Cn1c(=S)[nH]c2c(S(C)(=O)=O)cccc21. The van der Waals surface area contributed by atoms with Gasteiger partial charge < -0.3 is 14.3 Å². The first-order chi connectivity index (χ1) is 9.34. The average Bonchev–Trinajstić information content (AvgIpc) is 2.65. The molecule has 110 valence electrons. The lowest BCUT2D eigenvalue weighted by Crippen LogP contribution is -2.16. The number of nitrogens with zero attached hydrogens (tertiary/aromatic N) is 1. The first-order valence-corrected chi connectivity index (χ1v) is 8.67. The number of hydrogen-bond acceptors (Lipinski definition) is 4. The van der Waals surface area contributed by atoms with Crippen LogP contribution in [0.4, 0.5) is 0 Å². The zero-order valence-electron chi connectivity index (χ0n) is 11.7. The largest absolute Gasteiger partial charge is 0.377 e. The summed E-state index contributed by atoms with van der Waals surface area (Å²) in [5.74, 6) is 0. The van der Waals surface area contributed by atoms with Crippen molar-refractivity contribution in [1.82, 2.24) is 9.55 Å². The van der Waals surface area contributed by atoms with E-state index in [1.165, 1.54) is 6.26 Å². The van der Waals surface area contributed by atoms with Crippen molar-refractivity contribution in [3.8, 4) is 0 Å². The second-order valence-corrected chi connectivity index (χ2v) is 7.10.